The second-order valence-electron chi connectivity index (χ2n) is 6.62. The first kappa shape index (κ1) is 18.4. The molecule has 0 bridgehead atoms. The summed E-state index contributed by atoms with van der Waals surface area (Å²) in [7, 11) is 0. The van der Waals surface area contributed by atoms with Gasteiger partial charge in [-0.15, -0.1) is 11.3 Å². The number of carbonyl (C=O) groups is 1. The van der Waals surface area contributed by atoms with Crippen LogP contribution in [0.1, 0.15) is 25.7 Å². The molecule has 0 saturated heterocycles. The van der Waals surface area contributed by atoms with Crippen LogP contribution in [0, 0.1) is 0 Å². The standard InChI is InChI=1S/C22H22N4OS/c27-21(24-18-12-6-2-7-13-18)26(20-14-8-3-9-15-23-20)22-25-19(16-28-22)17-10-4-1-5-11-17/h1-2,4-7,10-13,16H,3,8-9,14-15H2,(H,24,27). The van der Waals surface area contributed by atoms with Gasteiger partial charge in [-0.3, -0.25) is 4.99 Å². The van der Waals surface area contributed by atoms with Gasteiger partial charge in [0.15, 0.2) is 5.13 Å². The van der Waals surface area contributed by atoms with Crippen molar-refractivity contribution in [1.82, 2.24) is 4.98 Å². The molecule has 5 nitrogen and oxygen atoms in total. The van der Waals surface area contributed by atoms with E-state index < -0.39 is 0 Å². The van der Waals surface area contributed by atoms with Crippen molar-refractivity contribution in [3.8, 4) is 11.3 Å². The van der Waals surface area contributed by atoms with Crippen molar-refractivity contribution in [3.63, 3.8) is 0 Å². The number of urea groups is 1. The summed E-state index contributed by atoms with van der Waals surface area (Å²) in [5, 5.41) is 5.62. The van der Waals surface area contributed by atoms with Crippen LogP contribution in [0.15, 0.2) is 71.0 Å². The van der Waals surface area contributed by atoms with Gasteiger partial charge >= 0.3 is 6.03 Å². The molecule has 0 spiro atoms. The maximum atomic E-state index is 13.2. The molecule has 4 rings (SSSR count). The first-order valence-corrected chi connectivity index (χ1v) is 10.4. The van der Waals surface area contributed by atoms with Crippen LogP contribution >= 0.6 is 11.3 Å². The number of nitrogens with zero attached hydrogens (tertiary/aromatic N) is 3. The first-order valence-electron chi connectivity index (χ1n) is 9.52. The van der Waals surface area contributed by atoms with Crippen molar-refractivity contribution in [2.45, 2.75) is 25.7 Å². The van der Waals surface area contributed by atoms with E-state index in [4.69, 9.17) is 9.98 Å². The molecule has 1 aromatic heterocycles. The van der Waals surface area contributed by atoms with Gasteiger partial charge in [0, 0.05) is 29.6 Å². The van der Waals surface area contributed by atoms with Gasteiger partial charge in [-0.05, 0) is 25.0 Å². The number of nitrogens with one attached hydrogen (secondary N) is 1. The van der Waals surface area contributed by atoms with E-state index in [9.17, 15) is 4.79 Å². The van der Waals surface area contributed by atoms with Gasteiger partial charge in [0.1, 0.15) is 5.84 Å². The van der Waals surface area contributed by atoms with Gasteiger partial charge in [-0.25, -0.2) is 14.7 Å². The molecule has 0 saturated carbocycles. The van der Waals surface area contributed by atoms with Crippen LogP contribution < -0.4 is 10.2 Å². The number of anilines is 2. The number of aromatic nitrogens is 1. The van der Waals surface area contributed by atoms with Crippen LogP contribution in [0.3, 0.4) is 0 Å². The van der Waals surface area contributed by atoms with Crippen LogP contribution in [-0.4, -0.2) is 23.4 Å². The molecule has 0 radical (unpaired) electrons. The third-order valence-corrected chi connectivity index (χ3v) is 5.42. The SMILES string of the molecule is O=C(Nc1ccccc1)N(C1=NCCCCC1)c1nc(-c2ccccc2)cs1. The maximum Gasteiger partial charge on any atom is 0.333 e. The van der Waals surface area contributed by atoms with Crippen LogP contribution in [0.5, 0.6) is 0 Å². The maximum absolute atomic E-state index is 13.2. The molecule has 6 heteroatoms. The Morgan fingerprint density at radius 2 is 1.71 bits per heavy atom. The molecule has 2 heterocycles. The van der Waals surface area contributed by atoms with Crippen molar-refractivity contribution in [2.24, 2.45) is 4.99 Å². The molecule has 142 valence electrons. The number of amides is 2. The number of aliphatic imine (C=N–C) groups is 1. The Kier molecular flexibility index (Phi) is 5.77. The van der Waals surface area contributed by atoms with Gasteiger partial charge < -0.3 is 5.32 Å². The van der Waals surface area contributed by atoms with E-state index in [0.29, 0.717) is 5.13 Å². The van der Waals surface area contributed by atoms with E-state index in [2.05, 4.69) is 5.32 Å². The minimum atomic E-state index is -0.221. The van der Waals surface area contributed by atoms with Crippen molar-refractivity contribution in [1.29, 1.82) is 0 Å². The van der Waals surface area contributed by atoms with Gasteiger partial charge in [0.25, 0.3) is 0 Å². The smallest absolute Gasteiger partial charge is 0.307 e. The van der Waals surface area contributed by atoms with Crippen LogP contribution in [0.2, 0.25) is 0 Å². The zero-order valence-electron chi connectivity index (χ0n) is 15.5. The molecule has 1 aliphatic heterocycles. The molecule has 2 amide bonds. The Bertz CT molecular complexity index is 953. The van der Waals surface area contributed by atoms with E-state index >= 15 is 0 Å². The third kappa shape index (κ3) is 4.28. The molecule has 28 heavy (non-hydrogen) atoms. The Morgan fingerprint density at radius 1 is 0.964 bits per heavy atom. The molecule has 0 atom stereocenters. The number of hydrogen-bond acceptors (Lipinski definition) is 4. The van der Waals surface area contributed by atoms with Gasteiger partial charge in [0.05, 0.1) is 5.69 Å². The molecule has 2 aromatic carbocycles. The Morgan fingerprint density at radius 3 is 2.50 bits per heavy atom. The summed E-state index contributed by atoms with van der Waals surface area (Å²) in [4.78, 5) is 24.3. The lowest BCUT2D eigenvalue weighted by Gasteiger charge is -2.22. The van der Waals surface area contributed by atoms with E-state index in [0.717, 1.165) is 55.0 Å². The molecule has 0 unspecified atom stereocenters. The van der Waals surface area contributed by atoms with Gasteiger partial charge in [0.2, 0.25) is 0 Å². The minimum absolute atomic E-state index is 0.221. The van der Waals surface area contributed by atoms with Crippen LogP contribution in [0.4, 0.5) is 15.6 Å². The Balaban J connectivity index is 1.66. The highest BCUT2D eigenvalue weighted by Gasteiger charge is 2.25. The quantitative estimate of drug-likeness (QED) is 0.612. The number of benzene rings is 2. The minimum Gasteiger partial charge on any atom is -0.307 e. The topological polar surface area (TPSA) is 57.6 Å². The third-order valence-electron chi connectivity index (χ3n) is 4.59. The fraction of sp³-hybridized carbons (Fsp3) is 0.227. The summed E-state index contributed by atoms with van der Waals surface area (Å²) in [6, 6.07) is 19.3. The van der Waals surface area contributed by atoms with Gasteiger partial charge in [-0.2, -0.15) is 0 Å². The lowest BCUT2D eigenvalue weighted by molar-refractivity contribution is 0.259. The summed E-state index contributed by atoms with van der Waals surface area (Å²) in [5.74, 6) is 0.792. The number of para-hydroxylation sites is 1. The highest BCUT2D eigenvalue weighted by Crippen LogP contribution is 2.29. The number of rotatable bonds is 3. The zero-order valence-corrected chi connectivity index (χ0v) is 16.4. The fourth-order valence-electron chi connectivity index (χ4n) is 3.17. The number of hydrogen-bond donors (Lipinski definition) is 1. The Hall–Kier alpha value is -2.99. The van der Waals surface area contributed by atoms with Crippen LogP contribution in [0.25, 0.3) is 11.3 Å². The van der Waals surface area contributed by atoms with Crippen LogP contribution in [-0.2, 0) is 0 Å². The second kappa shape index (κ2) is 8.80. The highest BCUT2D eigenvalue weighted by molar-refractivity contribution is 7.14. The monoisotopic (exact) mass is 390 g/mol. The molecular formula is C22H22N4OS. The van der Waals surface area contributed by atoms with E-state index in [1.165, 1.54) is 11.3 Å². The van der Waals surface area contributed by atoms with Crippen molar-refractivity contribution >= 4 is 34.0 Å². The van der Waals surface area contributed by atoms with Crippen molar-refractivity contribution in [2.75, 3.05) is 16.8 Å². The highest BCUT2D eigenvalue weighted by atomic mass is 32.1. The van der Waals surface area contributed by atoms with E-state index in [-0.39, 0.29) is 6.03 Å². The number of thiazole rings is 1. The van der Waals surface area contributed by atoms with Gasteiger partial charge in [-0.1, -0.05) is 55.0 Å². The fourth-order valence-corrected chi connectivity index (χ4v) is 4.02. The number of amidine groups is 1. The van der Waals surface area contributed by atoms with E-state index in [1.54, 1.807) is 4.90 Å². The largest absolute Gasteiger partial charge is 0.333 e. The molecular weight excluding hydrogens is 368 g/mol. The molecule has 3 aromatic rings. The predicted octanol–water partition coefficient (Wildman–Crippen LogP) is 5.82. The average Bonchev–Trinajstić information content (AvgIpc) is 3.06. The molecule has 1 aliphatic rings. The summed E-state index contributed by atoms with van der Waals surface area (Å²) in [6.07, 6.45) is 4.01. The first-order chi connectivity index (χ1) is 13.8. The molecule has 1 N–H and O–H groups in total. The predicted molar refractivity (Wildman–Crippen MR) is 116 cm³/mol. The normalized spacial score (nSPS) is 14.1. The molecule has 0 aliphatic carbocycles. The lowest BCUT2D eigenvalue weighted by atomic mass is 10.2. The summed E-state index contributed by atoms with van der Waals surface area (Å²) >= 11 is 1.46. The summed E-state index contributed by atoms with van der Waals surface area (Å²) in [5.41, 5.74) is 2.66. The zero-order chi connectivity index (χ0) is 19.2. The lowest BCUT2D eigenvalue weighted by Crippen LogP contribution is -2.40. The van der Waals surface area contributed by atoms with Crippen molar-refractivity contribution < 1.29 is 4.79 Å². The summed E-state index contributed by atoms with van der Waals surface area (Å²) < 4.78 is 0. The van der Waals surface area contributed by atoms with E-state index in [1.807, 2.05) is 66.0 Å². The van der Waals surface area contributed by atoms with Crippen molar-refractivity contribution in [3.05, 3.63) is 66.0 Å². The second-order valence-corrected chi connectivity index (χ2v) is 7.46. The molecule has 0 fully saturated rings. The summed E-state index contributed by atoms with van der Waals surface area (Å²) in [6.45, 7) is 0.751. The average molecular weight is 391 g/mol. The Labute approximate surface area is 168 Å². The number of carbonyl (C=O) groups excluding carboxylic acids is 1.